The van der Waals surface area contributed by atoms with Crippen LogP contribution in [-0.4, -0.2) is 42.2 Å². The van der Waals surface area contributed by atoms with Crippen molar-refractivity contribution in [3.63, 3.8) is 0 Å². The molecule has 0 bridgehead atoms. The summed E-state index contributed by atoms with van der Waals surface area (Å²) in [5.41, 5.74) is 1.04. The maximum Gasteiger partial charge on any atom is 0.303 e. The Balaban J connectivity index is 1.70. The minimum Gasteiger partial charge on any atom is -0.492 e. The minimum atomic E-state index is -0.758. The molecule has 1 aliphatic heterocycles. The van der Waals surface area contributed by atoms with Crippen LogP contribution >= 0.6 is 0 Å². The number of hydrogen-bond acceptors (Lipinski definition) is 3. The molecule has 0 atom stereocenters. The summed E-state index contributed by atoms with van der Waals surface area (Å²) in [7, 11) is 0. The van der Waals surface area contributed by atoms with E-state index in [1.807, 2.05) is 24.3 Å². The van der Waals surface area contributed by atoms with E-state index in [1.54, 1.807) is 0 Å². The Bertz CT molecular complexity index is 396. The van der Waals surface area contributed by atoms with Crippen molar-refractivity contribution in [2.45, 2.75) is 25.7 Å². The predicted octanol–water partition coefficient (Wildman–Crippen LogP) is 2.18. The van der Waals surface area contributed by atoms with Crippen molar-refractivity contribution in [2.24, 2.45) is 0 Å². The first-order valence-electron chi connectivity index (χ1n) is 6.90. The van der Waals surface area contributed by atoms with E-state index < -0.39 is 5.97 Å². The first-order chi connectivity index (χ1) is 9.24. The summed E-state index contributed by atoms with van der Waals surface area (Å²) in [5.74, 6) is 0.101. The maximum atomic E-state index is 10.5. The molecule has 2 rings (SSSR count). The van der Waals surface area contributed by atoms with Crippen LogP contribution in [0.3, 0.4) is 0 Å². The number of hydrogen-bond donors (Lipinski definition) is 1. The number of rotatable bonds is 7. The molecular formula is C15H21NO3. The monoisotopic (exact) mass is 263 g/mol. The Morgan fingerprint density at radius 3 is 2.53 bits per heavy atom. The predicted molar refractivity (Wildman–Crippen MR) is 73.6 cm³/mol. The highest BCUT2D eigenvalue weighted by Gasteiger charge is 2.10. The van der Waals surface area contributed by atoms with Crippen LogP contribution in [0.1, 0.15) is 24.8 Å². The van der Waals surface area contributed by atoms with Gasteiger partial charge < -0.3 is 9.84 Å². The van der Waals surface area contributed by atoms with Gasteiger partial charge in [-0.2, -0.15) is 0 Å². The molecule has 0 radical (unpaired) electrons. The van der Waals surface area contributed by atoms with Crippen LogP contribution in [-0.2, 0) is 11.2 Å². The van der Waals surface area contributed by atoms with E-state index in [0.717, 1.165) is 17.9 Å². The molecule has 19 heavy (non-hydrogen) atoms. The minimum absolute atomic E-state index is 0.176. The highest BCUT2D eigenvalue weighted by Crippen LogP contribution is 2.14. The SMILES string of the molecule is O=C(O)CCc1ccc(OCCN2CCCC2)cc1. The number of carboxylic acids is 1. The highest BCUT2D eigenvalue weighted by molar-refractivity contribution is 5.67. The van der Waals surface area contributed by atoms with Crippen LogP contribution in [0.15, 0.2) is 24.3 Å². The Labute approximate surface area is 114 Å². The lowest BCUT2D eigenvalue weighted by Crippen LogP contribution is -2.25. The standard InChI is InChI=1S/C15H21NO3/c17-15(18)8-5-13-3-6-14(7-4-13)19-12-11-16-9-1-2-10-16/h3-4,6-7H,1-2,5,8-12H2,(H,17,18). The van der Waals surface area contributed by atoms with Crippen molar-refractivity contribution in [3.05, 3.63) is 29.8 Å². The average molecular weight is 263 g/mol. The molecule has 1 heterocycles. The van der Waals surface area contributed by atoms with Crippen molar-refractivity contribution in [2.75, 3.05) is 26.2 Å². The quantitative estimate of drug-likeness (QED) is 0.819. The van der Waals surface area contributed by atoms with Gasteiger partial charge in [0.1, 0.15) is 12.4 Å². The summed E-state index contributed by atoms with van der Waals surface area (Å²) in [4.78, 5) is 12.9. The van der Waals surface area contributed by atoms with Crippen LogP contribution in [0.2, 0.25) is 0 Å². The van der Waals surface area contributed by atoms with Gasteiger partial charge in [0.2, 0.25) is 0 Å². The first-order valence-corrected chi connectivity index (χ1v) is 6.90. The highest BCUT2D eigenvalue weighted by atomic mass is 16.5. The van der Waals surface area contributed by atoms with E-state index in [9.17, 15) is 4.79 Å². The molecule has 104 valence electrons. The summed E-state index contributed by atoms with van der Waals surface area (Å²) in [5, 5.41) is 8.62. The molecule has 1 fully saturated rings. The fourth-order valence-electron chi connectivity index (χ4n) is 2.30. The van der Waals surface area contributed by atoms with E-state index in [2.05, 4.69) is 4.90 Å². The molecule has 0 spiro atoms. The molecule has 1 saturated heterocycles. The van der Waals surface area contributed by atoms with Gasteiger partial charge in [0.15, 0.2) is 0 Å². The van der Waals surface area contributed by atoms with Crippen LogP contribution in [0.5, 0.6) is 5.75 Å². The lowest BCUT2D eigenvalue weighted by Gasteiger charge is -2.15. The normalized spacial score (nSPS) is 15.6. The third-order valence-electron chi connectivity index (χ3n) is 3.43. The van der Waals surface area contributed by atoms with Gasteiger partial charge in [0.05, 0.1) is 0 Å². The van der Waals surface area contributed by atoms with Gasteiger partial charge >= 0.3 is 5.97 Å². The number of carbonyl (C=O) groups is 1. The summed E-state index contributed by atoms with van der Waals surface area (Å²) in [6.45, 7) is 4.09. The molecule has 0 aromatic heterocycles. The molecule has 1 aromatic rings. The van der Waals surface area contributed by atoms with Crippen LogP contribution < -0.4 is 4.74 Å². The lowest BCUT2D eigenvalue weighted by atomic mass is 10.1. The Morgan fingerprint density at radius 2 is 1.89 bits per heavy atom. The zero-order valence-electron chi connectivity index (χ0n) is 11.2. The maximum absolute atomic E-state index is 10.5. The fourth-order valence-corrected chi connectivity index (χ4v) is 2.30. The Hall–Kier alpha value is -1.55. The topological polar surface area (TPSA) is 49.8 Å². The summed E-state index contributed by atoms with van der Waals surface area (Å²) < 4.78 is 5.69. The van der Waals surface area contributed by atoms with E-state index in [4.69, 9.17) is 9.84 Å². The first kappa shape index (κ1) is 13.9. The number of nitrogens with zero attached hydrogens (tertiary/aromatic N) is 1. The molecule has 0 saturated carbocycles. The van der Waals surface area contributed by atoms with E-state index in [-0.39, 0.29) is 6.42 Å². The number of aliphatic carboxylic acids is 1. The zero-order chi connectivity index (χ0) is 13.5. The van der Waals surface area contributed by atoms with Gasteiger partial charge in [-0.05, 0) is 50.0 Å². The summed E-state index contributed by atoms with van der Waals surface area (Å²) in [6.07, 6.45) is 3.36. The summed E-state index contributed by atoms with van der Waals surface area (Å²) in [6, 6.07) is 7.71. The molecule has 1 aromatic carbocycles. The molecule has 0 unspecified atom stereocenters. The second kappa shape index (κ2) is 7.14. The number of likely N-dealkylation sites (tertiary alicyclic amines) is 1. The molecular weight excluding hydrogens is 242 g/mol. The second-order valence-electron chi connectivity index (χ2n) is 4.93. The molecule has 0 aliphatic carbocycles. The van der Waals surface area contributed by atoms with Gasteiger partial charge in [0, 0.05) is 13.0 Å². The molecule has 4 heteroatoms. The van der Waals surface area contributed by atoms with Crippen LogP contribution in [0.25, 0.3) is 0 Å². The van der Waals surface area contributed by atoms with Crippen LogP contribution in [0.4, 0.5) is 0 Å². The van der Waals surface area contributed by atoms with Crippen molar-refractivity contribution in [1.29, 1.82) is 0 Å². The average Bonchev–Trinajstić information content (AvgIpc) is 2.91. The third kappa shape index (κ3) is 4.91. The smallest absolute Gasteiger partial charge is 0.303 e. The van der Waals surface area contributed by atoms with E-state index >= 15 is 0 Å². The molecule has 1 aliphatic rings. The number of ether oxygens (including phenoxy) is 1. The fraction of sp³-hybridized carbons (Fsp3) is 0.533. The van der Waals surface area contributed by atoms with Gasteiger partial charge in [-0.3, -0.25) is 9.69 Å². The lowest BCUT2D eigenvalue weighted by molar-refractivity contribution is -0.136. The molecule has 1 N–H and O–H groups in total. The number of carboxylic acid groups (broad SMARTS) is 1. The van der Waals surface area contributed by atoms with Crippen molar-refractivity contribution in [3.8, 4) is 5.75 Å². The van der Waals surface area contributed by atoms with E-state index in [0.29, 0.717) is 13.0 Å². The van der Waals surface area contributed by atoms with Gasteiger partial charge in [0.25, 0.3) is 0 Å². The molecule has 0 amide bonds. The number of aryl methyl sites for hydroxylation is 1. The van der Waals surface area contributed by atoms with Gasteiger partial charge in [-0.1, -0.05) is 12.1 Å². The number of benzene rings is 1. The zero-order valence-corrected chi connectivity index (χ0v) is 11.2. The molecule has 4 nitrogen and oxygen atoms in total. The van der Waals surface area contributed by atoms with Crippen molar-refractivity contribution in [1.82, 2.24) is 4.90 Å². The van der Waals surface area contributed by atoms with Crippen molar-refractivity contribution < 1.29 is 14.6 Å². The third-order valence-corrected chi connectivity index (χ3v) is 3.43. The Kier molecular flexibility index (Phi) is 5.21. The van der Waals surface area contributed by atoms with Gasteiger partial charge in [-0.25, -0.2) is 0 Å². The van der Waals surface area contributed by atoms with Crippen LogP contribution in [0, 0.1) is 0 Å². The van der Waals surface area contributed by atoms with Crippen molar-refractivity contribution >= 4 is 5.97 Å². The van der Waals surface area contributed by atoms with E-state index in [1.165, 1.54) is 25.9 Å². The Morgan fingerprint density at radius 1 is 1.21 bits per heavy atom. The van der Waals surface area contributed by atoms with Gasteiger partial charge in [-0.15, -0.1) is 0 Å². The summed E-state index contributed by atoms with van der Waals surface area (Å²) >= 11 is 0. The second-order valence-corrected chi connectivity index (χ2v) is 4.93. The largest absolute Gasteiger partial charge is 0.492 e.